The molecule has 3 nitrogen and oxygen atoms in total. The van der Waals surface area contributed by atoms with Crippen LogP contribution in [0.5, 0.6) is 0 Å². The van der Waals surface area contributed by atoms with Crippen molar-refractivity contribution in [1.82, 2.24) is 4.98 Å². The number of carbonyl (C=O) groups is 1. The Bertz CT molecular complexity index is 377. The molecule has 1 heterocycles. The fraction of sp³-hybridized carbons (Fsp3) is 0.273. The molecule has 0 aromatic carbocycles. The minimum Gasteiger partial charge on any atom is -0.478 e. The molecule has 80 valence electrons. The van der Waals surface area contributed by atoms with Crippen molar-refractivity contribution in [1.29, 1.82) is 0 Å². The number of nitrogens with zero attached hydrogens (tertiary/aromatic N) is 1. The molecule has 0 unspecified atom stereocenters. The van der Waals surface area contributed by atoms with Crippen LogP contribution in [0.2, 0.25) is 0 Å². The number of hydrogen-bond acceptors (Lipinski definition) is 3. The molecule has 0 fully saturated rings. The van der Waals surface area contributed by atoms with E-state index in [1.165, 1.54) is 24.0 Å². The lowest BCUT2D eigenvalue weighted by atomic mass is 10.3. The van der Waals surface area contributed by atoms with Crippen LogP contribution in [0, 0.1) is 0 Å². The second-order valence-corrected chi connectivity index (χ2v) is 4.08. The van der Waals surface area contributed by atoms with Crippen molar-refractivity contribution in [3.05, 3.63) is 36.0 Å². The molecule has 1 aromatic heterocycles. The van der Waals surface area contributed by atoms with Crippen LogP contribution >= 0.6 is 11.8 Å². The van der Waals surface area contributed by atoms with E-state index in [4.69, 9.17) is 5.11 Å². The van der Waals surface area contributed by atoms with Crippen molar-refractivity contribution in [2.24, 2.45) is 0 Å². The first-order valence-corrected chi connectivity index (χ1v) is 5.61. The molecule has 1 rings (SSSR count). The number of pyridine rings is 1. The number of carboxylic acid groups (broad SMARTS) is 1. The largest absolute Gasteiger partial charge is 0.478 e. The van der Waals surface area contributed by atoms with E-state index in [1.54, 1.807) is 6.07 Å². The minimum absolute atomic E-state index is 0.273. The highest BCUT2D eigenvalue weighted by molar-refractivity contribution is 7.99. The average molecular weight is 223 g/mol. The highest BCUT2D eigenvalue weighted by Gasteiger charge is 2.04. The van der Waals surface area contributed by atoms with E-state index in [1.807, 2.05) is 6.92 Å². The molecule has 4 heteroatoms. The molecule has 15 heavy (non-hydrogen) atoms. The van der Waals surface area contributed by atoms with E-state index in [0.29, 0.717) is 0 Å². The number of rotatable bonds is 5. The number of aromatic nitrogens is 1. The highest BCUT2D eigenvalue weighted by atomic mass is 32.2. The third-order valence-corrected chi connectivity index (χ3v) is 2.98. The van der Waals surface area contributed by atoms with Crippen molar-refractivity contribution >= 4 is 17.7 Å². The van der Waals surface area contributed by atoms with E-state index in [-0.39, 0.29) is 5.56 Å². The Kier molecular flexibility index (Phi) is 4.37. The first-order valence-electron chi connectivity index (χ1n) is 4.62. The Balaban J connectivity index is 2.66. The predicted octanol–water partition coefficient (Wildman–Crippen LogP) is 2.84. The fourth-order valence-electron chi connectivity index (χ4n) is 0.899. The van der Waals surface area contributed by atoms with Gasteiger partial charge >= 0.3 is 5.97 Å². The average Bonchev–Trinajstić information content (AvgIpc) is 2.26. The van der Waals surface area contributed by atoms with Crippen LogP contribution in [0.4, 0.5) is 0 Å². The Hall–Kier alpha value is -1.29. The summed E-state index contributed by atoms with van der Waals surface area (Å²) in [7, 11) is 0. The molecule has 0 atom stereocenters. The summed E-state index contributed by atoms with van der Waals surface area (Å²) < 4.78 is 0. The zero-order valence-electron chi connectivity index (χ0n) is 8.56. The molecule has 0 bridgehead atoms. The van der Waals surface area contributed by atoms with Gasteiger partial charge in [0, 0.05) is 11.9 Å². The van der Waals surface area contributed by atoms with Crippen LogP contribution < -0.4 is 0 Å². The monoisotopic (exact) mass is 223 g/mol. The molecule has 0 aliphatic carbocycles. The summed E-state index contributed by atoms with van der Waals surface area (Å²) in [5.74, 6) is -0.138. The van der Waals surface area contributed by atoms with Gasteiger partial charge in [-0.2, -0.15) is 0 Å². The van der Waals surface area contributed by atoms with Gasteiger partial charge in [0.25, 0.3) is 0 Å². The van der Waals surface area contributed by atoms with Crippen molar-refractivity contribution < 1.29 is 9.90 Å². The second-order valence-electron chi connectivity index (χ2n) is 3.08. The molecule has 0 spiro atoms. The summed E-state index contributed by atoms with van der Waals surface area (Å²) in [6, 6.07) is 3.07. The highest BCUT2D eigenvalue weighted by Crippen LogP contribution is 2.19. The molecular weight excluding hydrogens is 210 g/mol. The summed E-state index contributed by atoms with van der Waals surface area (Å²) in [6.07, 6.45) is 2.45. The fourth-order valence-corrected chi connectivity index (χ4v) is 1.80. The van der Waals surface area contributed by atoms with Crippen LogP contribution in [0.15, 0.2) is 35.5 Å². The van der Waals surface area contributed by atoms with Gasteiger partial charge in [-0.05, 0) is 18.6 Å². The van der Waals surface area contributed by atoms with Crippen LogP contribution in [0.3, 0.4) is 0 Å². The van der Waals surface area contributed by atoms with E-state index >= 15 is 0 Å². The van der Waals surface area contributed by atoms with Gasteiger partial charge in [-0.3, -0.25) is 0 Å². The van der Waals surface area contributed by atoms with Gasteiger partial charge in [0.1, 0.15) is 0 Å². The molecule has 0 radical (unpaired) electrons. The summed E-state index contributed by atoms with van der Waals surface area (Å²) in [6.45, 7) is 5.93. The van der Waals surface area contributed by atoms with E-state index in [2.05, 4.69) is 11.6 Å². The van der Waals surface area contributed by atoms with E-state index in [9.17, 15) is 4.79 Å². The number of hydrogen-bond donors (Lipinski definition) is 1. The van der Waals surface area contributed by atoms with Crippen molar-refractivity contribution in [2.75, 3.05) is 5.75 Å². The Labute approximate surface area is 93.2 Å². The van der Waals surface area contributed by atoms with Crippen LogP contribution in [0.25, 0.3) is 0 Å². The predicted molar refractivity (Wildman–Crippen MR) is 61.4 cm³/mol. The van der Waals surface area contributed by atoms with Crippen LogP contribution in [-0.2, 0) is 0 Å². The molecule has 0 saturated heterocycles. The molecule has 0 aliphatic rings. The maximum atomic E-state index is 10.7. The first-order chi connectivity index (χ1) is 7.13. The van der Waals surface area contributed by atoms with Gasteiger partial charge in [-0.15, -0.1) is 11.8 Å². The van der Waals surface area contributed by atoms with E-state index < -0.39 is 5.97 Å². The molecule has 1 aromatic rings. The third-order valence-electron chi connectivity index (χ3n) is 1.91. The summed E-state index contributed by atoms with van der Waals surface area (Å²) in [4.78, 5) is 14.8. The maximum Gasteiger partial charge on any atom is 0.335 e. The lowest BCUT2D eigenvalue weighted by molar-refractivity contribution is 0.0696. The van der Waals surface area contributed by atoms with E-state index in [0.717, 1.165) is 22.8 Å². The quantitative estimate of drug-likeness (QED) is 0.616. The lowest BCUT2D eigenvalue weighted by Gasteiger charge is -2.02. The van der Waals surface area contributed by atoms with Gasteiger partial charge in [0.05, 0.1) is 10.6 Å². The number of carboxylic acids is 1. The molecule has 0 amide bonds. The van der Waals surface area contributed by atoms with Crippen molar-refractivity contribution in [3.8, 4) is 0 Å². The molecule has 1 N–H and O–H groups in total. The topological polar surface area (TPSA) is 50.2 Å². The molecule has 0 aliphatic heterocycles. The minimum atomic E-state index is -0.923. The molecular formula is C11H13NO2S. The lowest BCUT2D eigenvalue weighted by Crippen LogP contribution is -1.97. The Morgan fingerprint density at radius 1 is 1.67 bits per heavy atom. The SMILES string of the molecule is C=C(CC)CSc1cc(C(=O)O)ccn1. The zero-order valence-corrected chi connectivity index (χ0v) is 9.38. The Morgan fingerprint density at radius 2 is 2.40 bits per heavy atom. The van der Waals surface area contributed by atoms with Gasteiger partial charge in [0.2, 0.25) is 0 Å². The zero-order chi connectivity index (χ0) is 11.3. The second kappa shape index (κ2) is 5.56. The normalized spacial score (nSPS) is 9.93. The summed E-state index contributed by atoms with van der Waals surface area (Å²) in [5, 5.41) is 9.50. The molecule has 0 saturated carbocycles. The van der Waals surface area contributed by atoms with Gasteiger partial charge in [-0.1, -0.05) is 19.1 Å². The van der Waals surface area contributed by atoms with Crippen LogP contribution in [-0.4, -0.2) is 21.8 Å². The standard InChI is InChI=1S/C11H13NO2S/c1-3-8(2)7-15-10-6-9(11(13)14)4-5-12-10/h4-6H,2-3,7H2,1H3,(H,13,14). The van der Waals surface area contributed by atoms with Gasteiger partial charge < -0.3 is 5.11 Å². The third kappa shape index (κ3) is 3.75. The van der Waals surface area contributed by atoms with Crippen LogP contribution in [0.1, 0.15) is 23.7 Å². The summed E-state index contributed by atoms with van der Waals surface area (Å²) in [5.41, 5.74) is 1.40. The maximum absolute atomic E-state index is 10.7. The number of thioether (sulfide) groups is 1. The van der Waals surface area contributed by atoms with Crippen molar-refractivity contribution in [3.63, 3.8) is 0 Å². The van der Waals surface area contributed by atoms with Gasteiger partial charge in [0.15, 0.2) is 0 Å². The smallest absolute Gasteiger partial charge is 0.335 e. The van der Waals surface area contributed by atoms with Crippen molar-refractivity contribution in [2.45, 2.75) is 18.4 Å². The first kappa shape index (κ1) is 11.8. The number of aromatic carboxylic acids is 1. The summed E-state index contributed by atoms with van der Waals surface area (Å²) >= 11 is 1.51. The Morgan fingerprint density at radius 3 is 3.00 bits per heavy atom. The van der Waals surface area contributed by atoms with Gasteiger partial charge in [-0.25, -0.2) is 9.78 Å².